The molecule has 0 saturated carbocycles. The fraction of sp³-hybridized carbons (Fsp3) is 0.214. The average Bonchev–Trinajstić information content (AvgIpc) is 2.93. The standard InChI is InChI=1S/C28H25F2N3O3/c1-36-25-18-20(33-13-5-7-19-6-2-3-10-24(19)33)11-12-21(25)27(34)31-14-16-32(17-15-31)28(35)22-8-4-9-23(29)26(22)30/h2-12,18H,13-17H2,1H3. The molecule has 0 bridgehead atoms. The van der Waals surface area contributed by atoms with Crippen molar-refractivity contribution in [3.05, 3.63) is 95.1 Å². The number of para-hydroxylation sites is 1. The van der Waals surface area contributed by atoms with Crippen LogP contribution in [0, 0.1) is 11.6 Å². The summed E-state index contributed by atoms with van der Waals surface area (Å²) >= 11 is 0. The Morgan fingerprint density at radius 2 is 1.53 bits per heavy atom. The lowest BCUT2D eigenvalue weighted by molar-refractivity contribution is 0.0530. The summed E-state index contributed by atoms with van der Waals surface area (Å²) < 4.78 is 33.2. The number of amides is 2. The molecular weight excluding hydrogens is 464 g/mol. The second kappa shape index (κ2) is 9.81. The SMILES string of the molecule is COc1cc(N2CC=Cc3ccccc32)ccc1C(=O)N1CCN(C(=O)c2cccc(F)c2F)CC1. The molecule has 2 amide bonds. The van der Waals surface area contributed by atoms with E-state index < -0.39 is 17.5 Å². The van der Waals surface area contributed by atoms with E-state index in [0.29, 0.717) is 17.9 Å². The topological polar surface area (TPSA) is 53.1 Å². The van der Waals surface area contributed by atoms with Crippen molar-refractivity contribution in [1.82, 2.24) is 9.80 Å². The zero-order valence-electron chi connectivity index (χ0n) is 19.8. The number of anilines is 2. The Bertz CT molecular complexity index is 1350. The first-order chi connectivity index (χ1) is 17.5. The van der Waals surface area contributed by atoms with Crippen LogP contribution in [0.25, 0.3) is 6.08 Å². The van der Waals surface area contributed by atoms with Crippen molar-refractivity contribution in [1.29, 1.82) is 0 Å². The van der Waals surface area contributed by atoms with E-state index >= 15 is 0 Å². The predicted octanol–water partition coefficient (Wildman–Crippen LogP) is 4.74. The number of benzene rings is 3. The van der Waals surface area contributed by atoms with Crippen molar-refractivity contribution in [3.63, 3.8) is 0 Å². The first kappa shape index (κ1) is 23.5. The number of piperazine rings is 1. The Morgan fingerprint density at radius 1 is 0.833 bits per heavy atom. The molecule has 0 spiro atoms. The number of ether oxygens (including phenoxy) is 1. The number of methoxy groups -OCH3 is 1. The van der Waals surface area contributed by atoms with Gasteiger partial charge in [0.1, 0.15) is 5.75 Å². The van der Waals surface area contributed by atoms with Crippen LogP contribution in [0.1, 0.15) is 26.3 Å². The van der Waals surface area contributed by atoms with Gasteiger partial charge in [-0.1, -0.05) is 36.4 Å². The first-order valence-electron chi connectivity index (χ1n) is 11.7. The van der Waals surface area contributed by atoms with Gasteiger partial charge in [0.25, 0.3) is 11.8 Å². The van der Waals surface area contributed by atoms with Gasteiger partial charge in [0, 0.05) is 50.2 Å². The number of hydrogen-bond acceptors (Lipinski definition) is 4. The second-order valence-corrected chi connectivity index (χ2v) is 8.64. The van der Waals surface area contributed by atoms with Crippen LogP contribution in [0.2, 0.25) is 0 Å². The van der Waals surface area contributed by atoms with Crippen molar-refractivity contribution < 1.29 is 23.1 Å². The van der Waals surface area contributed by atoms with Gasteiger partial charge in [0.05, 0.1) is 18.2 Å². The molecule has 0 N–H and O–H groups in total. The number of halogens is 2. The van der Waals surface area contributed by atoms with Crippen LogP contribution in [0.3, 0.4) is 0 Å². The summed E-state index contributed by atoms with van der Waals surface area (Å²) in [5.41, 5.74) is 3.23. The van der Waals surface area contributed by atoms with Crippen LogP contribution >= 0.6 is 0 Å². The van der Waals surface area contributed by atoms with Gasteiger partial charge >= 0.3 is 0 Å². The van der Waals surface area contributed by atoms with E-state index in [1.54, 1.807) is 11.0 Å². The van der Waals surface area contributed by atoms with Crippen LogP contribution < -0.4 is 9.64 Å². The summed E-state index contributed by atoms with van der Waals surface area (Å²) in [5, 5.41) is 0. The normalized spacial score (nSPS) is 15.0. The van der Waals surface area contributed by atoms with Gasteiger partial charge in [0.15, 0.2) is 11.6 Å². The van der Waals surface area contributed by atoms with Crippen molar-refractivity contribution in [2.45, 2.75) is 0 Å². The van der Waals surface area contributed by atoms with Crippen molar-refractivity contribution in [3.8, 4) is 5.75 Å². The molecule has 0 aromatic heterocycles. The van der Waals surface area contributed by atoms with Gasteiger partial charge in [-0.3, -0.25) is 9.59 Å². The Labute approximate surface area is 208 Å². The van der Waals surface area contributed by atoms with Crippen molar-refractivity contribution in [2.75, 3.05) is 44.7 Å². The molecule has 5 rings (SSSR count). The highest BCUT2D eigenvalue weighted by Gasteiger charge is 2.29. The van der Waals surface area contributed by atoms with E-state index in [4.69, 9.17) is 4.74 Å². The molecule has 0 aliphatic carbocycles. The molecule has 2 aliphatic rings. The van der Waals surface area contributed by atoms with Gasteiger partial charge < -0.3 is 19.4 Å². The minimum absolute atomic E-state index is 0.207. The Kier molecular flexibility index (Phi) is 6.41. The van der Waals surface area contributed by atoms with Gasteiger partial charge in [0.2, 0.25) is 0 Å². The van der Waals surface area contributed by atoms with E-state index in [1.165, 1.54) is 24.1 Å². The minimum atomic E-state index is -1.15. The molecule has 2 heterocycles. The lowest BCUT2D eigenvalue weighted by Crippen LogP contribution is -2.50. The third-order valence-corrected chi connectivity index (χ3v) is 6.58. The number of carbonyl (C=O) groups is 2. The van der Waals surface area contributed by atoms with Crippen molar-refractivity contribution in [2.24, 2.45) is 0 Å². The van der Waals surface area contributed by atoms with E-state index in [9.17, 15) is 18.4 Å². The Hall–Kier alpha value is -4.20. The third kappa shape index (κ3) is 4.30. The van der Waals surface area contributed by atoms with Crippen LogP contribution in [0.15, 0.2) is 66.7 Å². The summed E-state index contributed by atoms with van der Waals surface area (Å²) in [6, 6.07) is 17.2. The summed E-state index contributed by atoms with van der Waals surface area (Å²) in [6.45, 7) is 1.69. The van der Waals surface area contributed by atoms with Crippen LogP contribution in [-0.4, -0.2) is 61.4 Å². The van der Waals surface area contributed by atoms with Crippen LogP contribution in [0.4, 0.5) is 20.2 Å². The van der Waals surface area contributed by atoms with Gasteiger partial charge in [-0.2, -0.15) is 0 Å². The molecule has 3 aromatic rings. The predicted molar refractivity (Wildman–Crippen MR) is 134 cm³/mol. The maximum absolute atomic E-state index is 14.1. The van der Waals surface area contributed by atoms with E-state index in [0.717, 1.165) is 23.0 Å². The molecule has 184 valence electrons. The summed E-state index contributed by atoms with van der Waals surface area (Å²) in [5.74, 6) is -2.55. The van der Waals surface area contributed by atoms with Gasteiger partial charge in [-0.25, -0.2) is 8.78 Å². The zero-order chi connectivity index (χ0) is 25.2. The second-order valence-electron chi connectivity index (χ2n) is 8.64. The summed E-state index contributed by atoms with van der Waals surface area (Å²) in [4.78, 5) is 31.2. The zero-order valence-corrected chi connectivity index (χ0v) is 19.8. The van der Waals surface area contributed by atoms with Crippen LogP contribution in [0.5, 0.6) is 5.75 Å². The maximum Gasteiger partial charge on any atom is 0.257 e. The molecule has 3 aromatic carbocycles. The third-order valence-electron chi connectivity index (χ3n) is 6.58. The maximum atomic E-state index is 14.1. The lowest BCUT2D eigenvalue weighted by atomic mass is 10.1. The molecule has 1 fully saturated rings. The molecule has 0 unspecified atom stereocenters. The summed E-state index contributed by atoms with van der Waals surface area (Å²) in [7, 11) is 1.53. The van der Waals surface area contributed by atoms with E-state index in [-0.39, 0.29) is 37.6 Å². The fourth-order valence-corrected chi connectivity index (χ4v) is 4.65. The molecule has 1 saturated heterocycles. The summed E-state index contributed by atoms with van der Waals surface area (Å²) in [6.07, 6.45) is 4.18. The van der Waals surface area contributed by atoms with E-state index in [2.05, 4.69) is 29.2 Å². The molecular formula is C28H25F2N3O3. The molecule has 0 radical (unpaired) electrons. The largest absolute Gasteiger partial charge is 0.496 e. The quantitative estimate of drug-likeness (QED) is 0.532. The Balaban J connectivity index is 1.30. The first-order valence-corrected chi connectivity index (χ1v) is 11.7. The molecule has 8 heteroatoms. The molecule has 6 nitrogen and oxygen atoms in total. The average molecular weight is 490 g/mol. The molecule has 0 atom stereocenters. The minimum Gasteiger partial charge on any atom is -0.496 e. The fourth-order valence-electron chi connectivity index (χ4n) is 4.65. The van der Waals surface area contributed by atoms with Crippen LogP contribution in [-0.2, 0) is 0 Å². The number of fused-ring (bicyclic) bond motifs is 1. The molecule has 36 heavy (non-hydrogen) atoms. The smallest absolute Gasteiger partial charge is 0.257 e. The number of nitrogens with zero attached hydrogens (tertiary/aromatic N) is 3. The lowest BCUT2D eigenvalue weighted by Gasteiger charge is -2.35. The highest BCUT2D eigenvalue weighted by molar-refractivity contribution is 5.98. The number of carbonyl (C=O) groups excluding carboxylic acids is 2. The van der Waals surface area contributed by atoms with Crippen molar-refractivity contribution >= 4 is 29.3 Å². The van der Waals surface area contributed by atoms with Gasteiger partial charge in [-0.05, 0) is 35.9 Å². The Morgan fingerprint density at radius 3 is 2.25 bits per heavy atom. The molecule has 2 aliphatic heterocycles. The number of rotatable bonds is 4. The highest BCUT2D eigenvalue weighted by atomic mass is 19.2. The highest BCUT2D eigenvalue weighted by Crippen LogP contribution is 2.35. The van der Waals surface area contributed by atoms with E-state index in [1.807, 2.05) is 24.3 Å². The monoisotopic (exact) mass is 489 g/mol. The van der Waals surface area contributed by atoms with Gasteiger partial charge in [-0.15, -0.1) is 0 Å². The number of hydrogen-bond donors (Lipinski definition) is 0.